The van der Waals surface area contributed by atoms with E-state index >= 15 is 0 Å². The average Bonchev–Trinajstić information content (AvgIpc) is 3.49. The molecular weight excluding hydrogens is 429 g/mol. The SMILES string of the molecule is CNC(C)C(=O)NC(CO)C(=O)N1CCC2C1=C(c1c[nH]c3cc(F)ccc13)CN2C(C)=O. The van der Waals surface area contributed by atoms with Gasteiger partial charge in [-0.25, -0.2) is 4.39 Å². The largest absolute Gasteiger partial charge is 0.394 e. The molecule has 3 unspecified atom stereocenters. The number of carbonyl (C=O) groups excluding carboxylic acids is 3. The van der Waals surface area contributed by atoms with Crippen molar-refractivity contribution in [2.75, 3.05) is 26.7 Å². The van der Waals surface area contributed by atoms with Crippen molar-refractivity contribution in [3.05, 3.63) is 41.5 Å². The Balaban J connectivity index is 1.73. The monoisotopic (exact) mass is 457 g/mol. The van der Waals surface area contributed by atoms with Crippen LogP contribution in [0.2, 0.25) is 0 Å². The standard InChI is InChI=1S/C23H28FN5O4/c1-12(25-3)22(32)27-19(11-30)23(33)28-7-6-20-21(28)17(10-29(20)13(2)31)16-9-26-18-8-14(24)4-5-15(16)18/h4-5,8-9,12,19-20,25-26,30H,6-7,10-11H2,1-3H3,(H,27,32). The maximum atomic E-state index is 13.7. The van der Waals surface area contributed by atoms with Crippen LogP contribution in [-0.2, 0) is 14.4 Å². The van der Waals surface area contributed by atoms with E-state index in [-0.39, 0.29) is 17.8 Å². The van der Waals surface area contributed by atoms with E-state index in [1.165, 1.54) is 19.1 Å². The van der Waals surface area contributed by atoms with Crippen LogP contribution >= 0.6 is 0 Å². The van der Waals surface area contributed by atoms with E-state index in [0.717, 1.165) is 16.5 Å². The zero-order valence-corrected chi connectivity index (χ0v) is 18.8. The first-order valence-electron chi connectivity index (χ1n) is 10.9. The molecule has 4 rings (SSSR count). The minimum Gasteiger partial charge on any atom is -0.394 e. The molecule has 176 valence electrons. The number of likely N-dealkylation sites (tertiary alicyclic amines) is 1. The van der Waals surface area contributed by atoms with Gasteiger partial charge in [0.2, 0.25) is 11.8 Å². The van der Waals surface area contributed by atoms with Gasteiger partial charge in [-0.05, 0) is 38.6 Å². The molecule has 1 fully saturated rings. The van der Waals surface area contributed by atoms with Crippen molar-refractivity contribution in [3.63, 3.8) is 0 Å². The lowest BCUT2D eigenvalue weighted by atomic mass is 10.0. The van der Waals surface area contributed by atoms with Gasteiger partial charge >= 0.3 is 0 Å². The fourth-order valence-corrected chi connectivity index (χ4v) is 4.65. The second-order valence-corrected chi connectivity index (χ2v) is 8.45. The Morgan fingerprint density at radius 2 is 2.09 bits per heavy atom. The van der Waals surface area contributed by atoms with Gasteiger partial charge in [0.25, 0.3) is 5.91 Å². The van der Waals surface area contributed by atoms with Crippen LogP contribution in [0.25, 0.3) is 16.5 Å². The molecule has 3 heterocycles. The second kappa shape index (κ2) is 8.95. The first-order chi connectivity index (χ1) is 15.8. The van der Waals surface area contributed by atoms with E-state index in [0.29, 0.717) is 30.7 Å². The molecule has 0 aliphatic carbocycles. The molecule has 0 bridgehead atoms. The Kier molecular flexibility index (Phi) is 6.22. The zero-order valence-electron chi connectivity index (χ0n) is 18.8. The number of nitrogens with zero attached hydrogens (tertiary/aromatic N) is 2. The molecule has 1 aromatic carbocycles. The summed E-state index contributed by atoms with van der Waals surface area (Å²) in [6.45, 7) is 3.27. The number of hydrogen-bond donors (Lipinski definition) is 4. The highest BCUT2D eigenvalue weighted by atomic mass is 19.1. The van der Waals surface area contributed by atoms with Gasteiger partial charge in [0.1, 0.15) is 11.9 Å². The zero-order chi connectivity index (χ0) is 23.9. The number of nitrogens with one attached hydrogen (secondary N) is 3. The van der Waals surface area contributed by atoms with Crippen LogP contribution in [0.1, 0.15) is 25.8 Å². The van der Waals surface area contributed by atoms with Crippen LogP contribution in [-0.4, -0.2) is 82.5 Å². The van der Waals surface area contributed by atoms with Crippen LogP contribution in [0, 0.1) is 5.82 Å². The number of likely N-dealkylation sites (N-methyl/N-ethyl adjacent to an activating group) is 1. The number of benzene rings is 1. The summed E-state index contributed by atoms with van der Waals surface area (Å²) < 4.78 is 13.7. The van der Waals surface area contributed by atoms with E-state index < -0.39 is 30.5 Å². The predicted octanol–water partition coefficient (Wildman–Crippen LogP) is 0.566. The van der Waals surface area contributed by atoms with Gasteiger partial charge in [-0.2, -0.15) is 0 Å². The smallest absolute Gasteiger partial charge is 0.251 e. The average molecular weight is 458 g/mol. The molecule has 1 aromatic heterocycles. The van der Waals surface area contributed by atoms with Crippen molar-refractivity contribution in [3.8, 4) is 0 Å². The second-order valence-electron chi connectivity index (χ2n) is 8.45. The highest BCUT2D eigenvalue weighted by Gasteiger charge is 2.45. The molecule has 0 radical (unpaired) electrons. The van der Waals surface area contributed by atoms with E-state index in [2.05, 4.69) is 15.6 Å². The summed E-state index contributed by atoms with van der Waals surface area (Å²) in [6.07, 6.45) is 2.31. The van der Waals surface area contributed by atoms with Gasteiger partial charge in [0.15, 0.2) is 0 Å². The Labute approximate surface area is 190 Å². The summed E-state index contributed by atoms with van der Waals surface area (Å²) in [7, 11) is 1.63. The van der Waals surface area contributed by atoms with Crippen molar-refractivity contribution in [1.29, 1.82) is 0 Å². The number of rotatable bonds is 6. The highest BCUT2D eigenvalue weighted by Crippen LogP contribution is 2.41. The Bertz CT molecular complexity index is 1140. The van der Waals surface area contributed by atoms with Gasteiger partial charge in [0.05, 0.1) is 18.7 Å². The minimum absolute atomic E-state index is 0.109. The van der Waals surface area contributed by atoms with Crippen LogP contribution in [0.3, 0.4) is 0 Å². The number of carbonyl (C=O) groups is 3. The number of halogens is 1. The normalized spacial score (nSPS) is 19.7. The molecule has 4 N–H and O–H groups in total. The molecular formula is C23H28FN5O4. The molecule has 0 spiro atoms. The molecule has 9 nitrogen and oxygen atoms in total. The van der Waals surface area contributed by atoms with Crippen LogP contribution in [0.4, 0.5) is 4.39 Å². The third-order valence-electron chi connectivity index (χ3n) is 6.51. The molecule has 10 heteroatoms. The van der Waals surface area contributed by atoms with Gasteiger partial charge < -0.3 is 30.5 Å². The quantitative estimate of drug-likeness (QED) is 0.506. The molecule has 2 aliphatic heterocycles. The van der Waals surface area contributed by atoms with Gasteiger partial charge in [0, 0.05) is 53.9 Å². The summed E-state index contributed by atoms with van der Waals surface area (Å²) >= 11 is 0. The predicted molar refractivity (Wildman–Crippen MR) is 120 cm³/mol. The lowest BCUT2D eigenvalue weighted by Gasteiger charge is -2.26. The van der Waals surface area contributed by atoms with E-state index in [9.17, 15) is 23.9 Å². The minimum atomic E-state index is -1.11. The Morgan fingerprint density at radius 3 is 2.76 bits per heavy atom. The highest BCUT2D eigenvalue weighted by molar-refractivity contribution is 5.98. The number of aromatic amines is 1. The molecule has 0 saturated carbocycles. The van der Waals surface area contributed by atoms with Crippen molar-refractivity contribution in [1.82, 2.24) is 25.4 Å². The number of hydrogen-bond acceptors (Lipinski definition) is 5. The van der Waals surface area contributed by atoms with Gasteiger partial charge in [-0.15, -0.1) is 0 Å². The number of aromatic nitrogens is 1. The lowest BCUT2D eigenvalue weighted by Crippen LogP contribution is -2.53. The summed E-state index contributed by atoms with van der Waals surface area (Å²) in [5.74, 6) is -1.30. The van der Waals surface area contributed by atoms with Crippen LogP contribution in [0.5, 0.6) is 0 Å². The topological polar surface area (TPSA) is 118 Å². The Morgan fingerprint density at radius 1 is 1.33 bits per heavy atom. The third kappa shape index (κ3) is 4.00. The molecule has 3 atom stereocenters. The molecule has 3 amide bonds. The first-order valence-corrected chi connectivity index (χ1v) is 10.9. The van der Waals surface area contributed by atoms with Crippen LogP contribution in [0.15, 0.2) is 30.1 Å². The van der Waals surface area contributed by atoms with Crippen molar-refractivity contribution < 1.29 is 23.9 Å². The summed E-state index contributed by atoms with van der Waals surface area (Å²) in [6, 6.07) is 2.53. The van der Waals surface area contributed by atoms with Crippen LogP contribution < -0.4 is 10.6 Å². The fraction of sp³-hybridized carbons (Fsp3) is 0.435. The maximum absolute atomic E-state index is 13.7. The van der Waals surface area contributed by atoms with E-state index in [1.807, 2.05) is 0 Å². The Hall–Kier alpha value is -3.24. The molecule has 33 heavy (non-hydrogen) atoms. The number of H-pyrrole nitrogens is 1. The van der Waals surface area contributed by atoms with Gasteiger partial charge in [-0.3, -0.25) is 14.4 Å². The summed E-state index contributed by atoms with van der Waals surface area (Å²) in [4.78, 5) is 44.4. The number of aliphatic hydroxyl groups is 1. The maximum Gasteiger partial charge on any atom is 0.251 e. The third-order valence-corrected chi connectivity index (χ3v) is 6.51. The van der Waals surface area contributed by atoms with E-state index in [1.54, 1.807) is 36.0 Å². The number of amides is 3. The molecule has 2 aliphatic rings. The summed E-state index contributed by atoms with van der Waals surface area (Å²) in [5, 5.41) is 16.0. The van der Waals surface area contributed by atoms with E-state index in [4.69, 9.17) is 0 Å². The van der Waals surface area contributed by atoms with Crippen molar-refractivity contribution in [2.45, 2.75) is 38.4 Å². The molecule has 2 aromatic rings. The molecule has 1 saturated heterocycles. The first kappa shape index (κ1) is 22.9. The van der Waals surface area contributed by atoms with Crippen molar-refractivity contribution in [2.24, 2.45) is 0 Å². The summed E-state index contributed by atoms with van der Waals surface area (Å²) in [5.41, 5.74) is 2.90. The fourth-order valence-electron chi connectivity index (χ4n) is 4.65. The van der Waals surface area contributed by atoms with Gasteiger partial charge in [-0.1, -0.05) is 0 Å². The number of aliphatic hydroxyl groups excluding tert-OH is 1. The van der Waals surface area contributed by atoms with Crippen molar-refractivity contribution >= 4 is 34.2 Å². The number of fused-ring (bicyclic) bond motifs is 2. The lowest BCUT2D eigenvalue weighted by molar-refractivity contribution is -0.136.